The van der Waals surface area contributed by atoms with Gasteiger partial charge in [0.25, 0.3) is 0 Å². The van der Waals surface area contributed by atoms with E-state index in [0.717, 1.165) is 19.1 Å². The predicted octanol–water partition coefficient (Wildman–Crippen LogP) is 1.44. The van der Waals surface area contributed by atoms with Gasteiger partial charge in [0.2, 0.25) is 0 Å². The molecule has 2 aromatic rings. The zero-order valence-electron chi connectivity index (χ0n) is 13.8. The summed E-state index contributed by atoms with van der Waals surface area (Å²) in [5.41, 5.74) is 0.405. The third kappa shape index (κ3) is 4.81. The SMILES string of the molecule is CC(CNc1ccc(S(C)(=O)=O)cc1S(C)(=O)=O)Cn1ccnc1. The van der Waals surface area contributed by atoms with Crippen molar-refractivity contribution < 1.29 is 16.8 Å². The molecule has 0 aliphatic heterocycles. The van der Waals surface area contributed by atoms with Crippen molar-refractivity contribution in [1.82, 2.24) is 9.55 Å². The number of nitrogens with one attached hydrogen (secondary N) is 1. The lowest BCUT2D eigenvalue weighted by atomic mass is 10.1. The largest absolute Gasteiger partial charge is 0.384 e. The molecule has 0 bridgehead atoms. The molecule has 9 heteroatoms. The number of nitrogens with zero attached hydrogens (tertiary/aromatic N) is 2. The van der Waals surface area contributed by atoms with E-state index in [2.05, 4.69) is 10.3 Å². The molecule has 1 aromatic heterocycles. The van der Waals surface area contributed by atoms with Crippen LogP contribution in [0.5, 0.6) is 0 Å². The molecular formula is C15H21N3O4S2. The van der Waals surface area contributed by atoms with Crippen LogP contribution in [0.4, 0.5) is 5.69 Å². The summed E-state index contributed by atoms with van der Waals surface area (Å²) >= 11 is 0. The van der Waals surface area contributed by atoms with Crippen LogP contribution in [0.3, 0.4) is 0 Å². The van der Waals surface area contributed by atoms with E-state index in [9.17, 15) is 16.8 Å². The first-order chi connectivity index (χ1) is 11.1. The number of hydrogen-bond acceptors (Lipinski definition) is 6. The van der Waals surface area contributed by atoms with Crippen molar-refractivity contribution in [1.29, 1.82) is 0 Å². The predicted molar refractivity (Wildman–Crippen MR) is 92.5 cm³/mol. The highest BCUT2D eigenvalue weighted by atomic mass is 32.2. The Morgan fingerprint density at radius 3 is 2.42 bits per heavy atom. The van der Waals surface area contributed by atoms with Gasteiger partial charge in [0.15, 0.2) is 19.7 Å². The van der Waals surface area contributed by atoms with Gasteiger partial charge in [-0.15, -0.1) is 0 Å². The molecule has 2 rings (SSSR count). The van der Waals surface area contributed by atoms with Gasteiger partial charge in [-0.3, -0.25) is 0 Å². The molecule has 24 heavy (non-hydrogen) atoms. The zero-order valence-corrected chi connectivity index (χ0v) is 15.4. The smallest absolute Gasteiger partial charge is 0.177 e. The van der Waals surface area contributed by atoms with E-state index in [1.807, 2.05) is 17.7 Å². The van der Waals surface area contributed by atoms with E-state index < -0.39 is 19.7 Å². The van der Waals surface area contributed by atoms with Crippen LogP contribution in [0, 0.1) is 5.92 Å². The molecule has 1 N–H and O–H groups in total. The number of rotatable bonds is 7. The maximum atomic E-state index is 12.0. The van der Waals surface area contributed by atoms with Crippen LogP contribution in [0.25, 0.3) is 0 Å². The van der Waals surface area contributed by atoms with Gasteiger partial charge in [-0.05, 0) is 24.1 Å². The van der Waals surface area contributed by atoms with Gasteiger partial charge in [-0.25, -0.2) is 21.8 Å². The van der Waals surface area contributed by atoms with Crippen LogP contribution in [0.15, 0.2) is 46.7 Å². The van der Waals surface area contributed by atoms with E-state index in [-0.39, 0.29) is 15.7 Å². The zero-order chi connectivity index (χ0) is 18.0. The number of imidazole rings is 1. The van der Waals surface area contributed by atoms with Crippen molar-refractivity contribution in [3.05, 3.63) is 36.9 Å². The molecule has 1 aromatic carbocycles. The first-order valence-electron chi connectivity index (χ1n) is 7.31. The Hall–Kier alpha value is -1.87. The fourth-order valence-corrected chi connectivity index (χ4v) is 3.89. The highest BCUT2D eigenvalue weighted by molar-refractivity contribution is 7.91. The number of sulfone groups is 2. The van der Waals surface area contributed by atoms with Gasteiger partial charge in [0, 0.05) is 38.0 Å². The molecule has 7 nitrogen and oxygen atoms in total. The monoisotopic (exact) mass is 371 g/mol. The lowest BCUT2D eigenvalue weighted by Crippen LogP contribution is -2.18. The van der Waals surface area contributed by atoms with E-state index in [1.165, 1.54) is 18.2 Å². The second-order valence-electron chi connectivity index (χ2n) is 5.95. The highest BCUT2D eigenvalue weighted by Gasteiger charge is 2.18. The van der Waals surface area contributed by atoms with E-state index in [1.54, 1.807) is 12.5 Å². The number of aromatic nitrogens is 2. The molecule has 1 heterocycles. The molecule has 0 amide bonds. The average Bonchev–Trinajstić information content (AvgIpc) is 2.95. The maximum absolute atomic E-state index is 12.0. The minimum Gasteiger partial charge on any atom is -0.384 e. The van der Waals surface area contributed by atoms with Crippen molar-refractivity contribution in [2.45, 2.75) is 23.3 Å². The van der Waals surface area contributed by atoms with Gasteiger partial charge < -0.3 is 9.88 Å². The maximum Gasteiger partial charge on any atom is 0.177 e. The van der Waals surface area contributed by atoms with Crippen molar-refractivity contribution in [3.63, 3.8) is 0 Å². The third-order valence-electron chi connectivity index (χ3n) is 3.50. The standard InChI is InChI=1S/C15H21N3O4S2/c1-12(10-18-7-6-16-11-18)9-17-14-5-4-13(23(2,19)20)8-15(14)24(3,21)22/h4-8,11-12,17H,9-10H2,1-3H3. The van der Waals surface area contributed by atoms with Crippen molar-refractivity contribution in [2.75, 3.05) is 24.4 Å². The van der Waals surface area contributed by atoms with Crippen molar-refractivity contribution >= 4 is 25.4 Å². The minimum atomic E-state index is -3.56. The first kappa shape index (κ1) is 18.5. The van der Waals surface area contributed by atoms with Gasteiger partial charge >= 0.3 is 0 Å². The summed E-state index contributed by atoms with van der Waals surface area (Å²) < 4.78 is 49.2. The minimum absolute atomic E-state index is 0.0137. The van der Waals surface area contributed by atoms with Crippen LogP contribution < -0.4 is 5.32 Å². The summed E-state index contributed by atoms with van der Waals surface area (Å²) in [6, 6.07) is 4.11. The highest BCUT2D eigenvalue weighted by Crippen LogP contribution is 2.25. The first-order valence-corrected chi connectivity index (χ1v) is 11.1. The van der Waals surface area contributed by atoms with Gasteiger partial charge in [0.05, 0.1) is 21.8 Å². The van der Waals surface area contributed by atoms with Crippen LogP contribution in [0.1, 0.15) is 6.92 Å². The van der Waals surface area contributed by atoms with E-state index in [4.69, 9.17) is 0 Å². The van der Waals surface area contributed by atoms with Crippen LogP contribution in [-0.4, -0.2) is 45.4 Å². The van der Waals surface area contributed by atoms with Gasteiger partial charge in [-0.1, -0.05) is 6.92 Å². The van der Waals surface area contributed by atoms with Gasteiger partial charge in [0.1, 0.15) is 0 Å². The fourth-order valence-electron chi connectivity index (χ4n) is 2.29. The van der Waals surface area contributed by atoms with Crippen molar-refractivity contribution in [2.24, 2.45) is 5.92 Å². The summed E-state index contributed by atoms with van der Waals surface area (Å²) in [4.78, 5) is 3.95. The number of anilines is 1. The average molecular weight is 371 g/mol. The molecule has 0 aliphatic rings. The Morgan fingerprint density at radius 1 is 1.17 bits per heavy atom. The van der Waals surface area contributed by atoms with E-state index in [0.29, 0.717) is 12.2 Å². The Morgan fingerprint density at radius 2 is 1.88 bits per heavy atom. The summed E-state index contributed by atoms with van der Waals surface area (Å²) in [5.74, 6) is 0.223. The molecular weight excluding hydrogens is 350 g/mol. The molecule has 0 aliphatic carbocycles. The van der Waals surface area contributed by atoms with Crippen LogP contribution in [0.2, 0.25) is 0 Å². The lowest BCUT2D eigenvalue weighted by Gasteiger charge is -2.16. The molecule has 0 radical (unpaired) electrons. The summed E-state index contributed by atoms with van der Waals surface area (Å²) in [6.45, 7) is 3.31. The Balaban J connectivity index is 2.20. The Labute approximate surface area is 142 Å². The van der Waals surface area contributed by atoms with Crippen LogP contribution >= 0.6 is 0 Å². The quantitative estimate of drug-likeness (QED) is 0.791. The molecule has 0 spiro atoms. The molecule has 0 saturated carbocycles. The second-order valence-corrected chi connectivity index (χ2v) is 9.95. The normalized spacial score (nSPS) is 13.6. The summed E-state index contributed by atoms with van der Waals surface area (Å²) in [7, 11) is -7.03. The summed E-state index contributed by atoms with van der Waals surface area (Å²) in [5, 5.41) is 3.10. The van der Waals surface area contributed by atoms with Crippen LogP contribution in [-0.2, 0) is 26.2 Å². The Kier molecular flexibility index (Phi) is 5.34. The molecule has 132 valence electrons. The summed E-state index contributed by atoms with van der Waals surface area (Å²) in [6.07, 6.45) is 7.40. The lowest BCUT2D eigenvalue weighted by molar-refractivity contribution is 0.502. The molecule has 1 atom stereocenters. The topological polar surface area (TPSA) is 98.1 Å². The van der Waals surface area contributed by atoms with Crippen molar-refractivity contribution in [3.8, 4) is 0 Å². The second kappa shape index (κ2) is 6.94. The molecule has 0 fully saturated rings. The van der Waals surface area contributed by atoms with E-state index >= 15 is 0 Å². The van der Waals surface area contributed by atoms with Gasteiger partial charge in [-0.2, -0.15) is 0 Å². The fraction of sp³-hybridized carbons (Fsp3) is 0.400. The third-order valence-corrected chi connectivity index (χ3v) is 5.75. The number of hydrogen-bond donors (Lipinski definition) is 1. The number of benzene rings is 1. The molecule has 1 unspecified atom stereocenters. The Bertz CT molecular complexity index is 904. The molecule has 0 saturated heterocycles.